The van der Waals surface area contributed by atoms with Crippen LogP contribution in [-0.4, -0.2) is 48.3 Å². The van der Waals surface area contributed by atoms with Crippen LogP contribution in [0.5, 0.6) is 0 Å². The van der Waals surface area contributed by atoms with Crippen LogP contribution in [-0.2, 0) is 4.79 Å². The molecule has 0 radical (unpaired) electrons. The van der Waals surface area contributed by atoms with Crippen molar-refractivity contribution in [1.29, 1.82) is 0 Å². The van der Waals surface area contributed by atoms with Crippen molar-refractivity contribution in [3.63, 3.8) is 0 Å². The smallest absolute Gasteiger partial charge is 0.330 e. The maximum atomic E-state index is 13.0. The van der Waals surface area contributed by atoms with Gasteiger partial charge in [0, 0.05) is 24.7 Å². The fourth-order valence-corrected chi connectivity index (χ4v) is 4.25. The Hall–Kier alpha value is -2.37. The minimum absolute atomic E-state index is 0.0584. The molecule has 1 aromatic rings. The number of amides is 3. The molecule has 1 fully saturated rings. The molecule has 1 saturated carbocycles. The zero-order valence-corrected chi connectivity index (χ0v) is 15.3. The van der Waals surface area contributed by atoms with Crippen molar-refractivity contribution in [1.82, 2.24) is 10.2 Å². The van der Waals surface area contributed by atoms with Crippen LogP contribution in [0.15, 0.2) is 29.3 Å². The number of carbonyl (C=O) groups is 2. The molecule has 2 aliphatic heterocycles. The van der Waals surface area contributed by atoms with Crippen LogP contribution in [0.3, 0.4) is 0 Å². The summed E-state index contributed by atoms with van der Waals surface area (Å²) in [6, 6.07) is 7.81. The number of benzene rings is 1. The van der Waals surface area contributed by atoms with Crippen molar-refractivity contribution in [2.75, 3.05) is 24.5 Å². The van der Waals surface area contributed by atoms with Crippen molar-refractivity contribution in [3.05, 3.63) is 29.8 Å². The van der Waals surface area contributed by atoms with Gasteiger partial charge < -0.3 is 5.32 Å². The average molecular weight is 354 g/mol. The number of fused-ring (bicyclic) bond motifs is 3. The van der Waals surface area contributed by atoms with E-state index in [2.05, 4.69) is 17.2 Å². The van der Waals surface area contributed by atoms with Crippen molar-refractivity contribution in [3.8, 4) is 0 Å². The highest BCUT2D eigenvalue weighted by atomic mass is 16.2. The Morgan fingerprint density at radius 3 is 2.88 bits per heavy atom. The molecule has 0 aromatic heterocycles. The van der Waals surface area contributed by atoms with E-state index in [9.17, 15) is 9.59 Å². The average Bonchev–Trinajstić information content (AvgIpc) is 2.67. The van der Waals surface area contributed by atoms with Crippen molar-refractivity contribution >= 4 is 23.5 Å². The largest absolute Gasteiger partial charge is 0.352 e. The Morgan fingerprint density at radius 2 is 2.04 bits per heavy atom. The standard InChI is InChI=1S/C20H26N4O2/c1-14-7-2-4-9-16(14)22-18(25)13-24-17-10-5-3-8-15(17)19-21-11-6-12-23(19)20(24)26/h3,5,8,10,14,16H,2,4,6-7,9,11-13H2,1H3,(H,22,25)/t14-,16-/m1/s1. The number of rotatable bonds is 3. The summed E-state index contributed by atoms with van der Waals surface area (Å²) in [7, 11) is 0. The zero-order chi connectivity index (χ0) is 18.1. The predicted octanol–water partition coefficient (Wildman–Crippen LogP) is 2.77. The molecule has 6 heteroatoms. The van der Waals surface area contributed by atoms with Gasteiger partial charge in [-0.15, -0.1) is 0 Å². The van der Waals surface area contributed by atoms with Gasteiger partial charge in [0.1, 0.15) is 12.4 Å². The molecular weight excluding hydrogens is 328 g/mol. The van der Waals surface area contributed by atoms with Gasteiger partial charge in [-0.2, -0.15) is 0 Å². The SMILES string of the molecule is C[C@@H]1CCCC[C@H]1NC(=O)CN1C(=O)N2CCCN=C2c2ccccc21. The Balaban J connectivity index is 1.55. The fraction of sp³-hybridized carbons (Fsp3) is 0.550. The maximum absolute atomic E-state index is 13.0. The van der Waals surface area contributed by atoms with Gasteiger partial charge in [0.2, 0.25) is 5.91 Å². The first-order valence-electron chi connectivity index (χ1n) is 9.67. The van der Waals surface area contributed by atoms with E-state index in [1.54, 1.807) is 9.80 Å². The van der Waals surface area contributed by atoms with Crippen LogP contribution >= 0.6 is 0 Å². The summed E-state index contributed by atoms with van der Waals surface area (Å²) in [6.45, 7) is 3.65. The second-order valence-corrected chi connectivity index (χ2v) is 7.53. The molecule has 2 heterocycles. The molecule has 1 aliphatic carbocycles. The summed E-state index contributed by atoms with van der Waals surface area (Å²) in [4.78, 5) is 33.6. The van der Waals surface area contributed by atoms with Crippen LogP contribution < -0.4 is 10.2 Å². The van der Waals surface area contributed by atoms with Gasteiger partial charge in [0.25, 0.3) is 0 Å². The van der Waals surface area contributed by atoms with E-state index >= 15 is 0 Å². The van der Waals surface area contributed by atoms with E-state index in [0.717, 1.165) is 49.3 Å². The van der Waals surface area contributed by atoms with E-state index in [0.29, 0.717) is 12.5 Å². The second kappa shape index (κ2) is 7.09. The molecule has 4 rings (SSSR count). The number of carbonyl (C=O) groups excluding carboxylic acids is 2. The maximum Gasteiger partial charge on any atom is 0.330 e. The summed E-state index contributed by atoms with van der Waals surface area (Å²) >= 11 is 0. The van der Waals surface area contributed by atoms with Gasteiger partial charge in [-0.3, -0.25) is 19.6 Å². The summed E-state index contributed by atoms with van der Waals surface area (Å²) in [6.07, 6.45) is 5.44. The van der Waals surface area contributed by atoms with Crippen molar-refractivity contribution in [2.24, 2.45) is 10.9 Å². The van der Waals surface area contributed by atoms with Crippen molar-refractivity contribution < 1.29 is 9.59 Å². The molecule has 0 unspecified atom stereocenters. The Morgan fingerprint density at radius 1 is 1.23 bits per heavy atom. The fourth-order valence-electron chi connectivity index (χ4n) is 4.25. The lowest BCUT2D eigenvalue weighted by Crippen LogP contribution is -2.56. The second-order valence-electron chi connectivity index (χ2n) is 7.53. The van der Waals surface area contributed by atoms with Crippen LogP contribution in [0.1, 0.15) is 44.6 Å². The lowest BCUT2D eigenvalue weighted by Gasteiger charge is -2.39. The van der Waals surface area contributed by atoms with E-state index in [4.69, 9.17) is 0 Å². The topological polar surface area (TPSA) is 65.0 Å². The van der Waals surface area contributed by atoms with Crippen LogP contribution in [0.25, 0.3) is 0 Å². The quantitative estimate of drug-likeness (QED) is 0.907. The molecule has 0 spiro atoms. The van der Waals surface area contributed by atoms with Crippen molar-refractivity contribution in [2.45, 2.75) is 45.1 Å². The Labute approximate surface area is 154 Å². The van der Waals surface area contributed by atoms with Gasteiger partial charge in [-0.1, -0.05) is 31.9 Å². The molecule has 3 amide bonds. The number of para-hydroxylation sites is 1. The van der Waals surface area contributed by atoms with E-state index in [1.807, 2.05) is 24.3 Å². The first-order valence-corrected chi connectivity index (χ1v) is 9.67. The number of nitrogens with one attached hydrogen (secondary N) is 1. The number of urea groups is 1. The minimum Gasteiger partial charge on any atom is -0.352 e. The van der Waals surface area contributed by atoms with Crippen LogP contribution in [0.4, 0.5) is 10.5 Å². The van der Waals surface area contributed by atoms with Crippen LogP contribution in [0, 0.1) is 5.92 Å². The van der Waals surface area contributed by atoms with E-state index in [1.165, 1.54) is 6.42 Å². The minimum atomic E-state index is -0.144. The molecule has 0 saturated heterocycles. The van der Waals surface area contributed by atoms with E-state index < -0.39 is 0 Å². The third-order valence-corrected chi connectivity index (χ3v) is 5.71. The summed E-state index contributed by atoms with van der Waals surface area (Å²) in [5.41, 5.74) is 1.71. The Bertz CT molecular complexity index is 745. The molecule has 2 atom stereocenters. The van der Waals surface area contributed by atoms with Gasteiger partial charge in [0.05, 0.1) is 5.69 Å². The molecule has 1 N–H and O–H groups in total. The van der Waals surface area contributed by atoms with Gasteiger partial charge in [-0.25, -0.2) is 4.79 Å². The van der Waals surface area contributed by atoms with Gasteiger partial charge in [-0.05, 0) is 37.3 Å². The number of nitrogens with zero attached hydrogens (tertiary/aromatic N) is 3. The highest BCUT2D eigenvalue weighted by Crippen LogP contribution is 2.30. The van der Waals surface area contributed by atoms with Crippen LogP contribution in [0.2, 0.25) is 0 Å². The molecule has 0 bridgehead atoms. The highest BCUT2D eigenvalue weighted by molar-refractivity contribution is 6.20. The third-order valence-electron chi connectivity index (χ3n) is 5.71. The lowest BCUT2D eigenvalue weighted by atomic mass is 9.86. The van der Waals surface area contributed by atoms with Gasteiger partial charge >= 0.3 is 6.03 Å². The monoisotopic (exact) mass is 354 g/mol. The molecule has 6 nitrogen and oxygen atoms in total. The summed E-state index contributed by atoms with van der Waals surface area (Å²) in [5, 5.41) is 3.16. The lowest BCUT2D eigenvalue weighted by molar-refractivity contribution is -0.121. The number of aliphatic imine (C=N–C) groups is 1. The number of amidine groups is 1. The molecule has 1 aromatic carbocycles. The van der Waals surface area contributed by atoms with E-state index in [-0.39, 0.29) is 24.5 Å². The predicted molar refractivity (Wildman–Crippen MR) is 101 cm³/mol. The normalized spacial score (nSPS) is 25.3. The number of hydrogen-bond acceptors (Lipinski definition) is 3. The summed E-state index contributed by atoms with van der Waals surface area (Å²) in [5.74, 6) is 1.16. The first-order chi connectivity index (χ1) is 12.6. The third kappa shape index (κ3) is 3.08. The Kier molecular flexibility index (Phi) is 4.66. The molecular formula is C20H26N4O2. The zero-order valence-electron chi connectivity index (χ0n) is 15.3. The number of anilines is 1. The number of hydrogen-bond donors (Lipinski definition) is 1. The molecule has 26 heavy (non-hydrogen) atoms. The highest BCUT2D eigenvalue weighted by Gasteiger charge is 2.37. The first kappa shape index (κ1) is 17.1. The molecule has 138 valence electrons. The molecule has 3 aliphatic rings. The van der Waals surface area contributed by atoms with Gasteiger partial charge in [0.15, 0.2) is 0 Å². The summed E-state index contributed by atoms with van der Waals surface area (Å²) < 4.78 is 0.